The van der Waals surface area contributed by atoms with E-state index >= 15 is 0 Å². The lowest BCUT2D eigenvalue weighted by Crippen LogP contribution is -2.22. The van der Waals surface area contributed by atoms with E-state index in [4.69, 9.17) is 16.3 Å². The minimum absolute atomic E-state index is 0.267. The zero-order chi connectivity index (χ0) is 20.4. The second-order valence-corrected chi connectivity index (χ2v) is 8.01. The van der Waals surface area contributed by atoms with Gasteiger partial charge in [0.25, 0.3) is 5.56 Å². The van der Waals surface area contributed by atoms with E-state index in [9.17, 15) is 9.59 Å². The van der Waals surface area contributed by atoms with Crippen LogP contribution in [0, 0.1) is 0 Å². The first-order chi connectivity index (χ1) is 13.3. The Balaban J connectivity index is 2.17. The zero-order valence-corrected chi connectivity index (χ0v) is 18.8. The number of rotatable bonds is 4. The van der Waals surface area contributed by atoms with Crippen molar-refractivity contribution in [3.05, 3.63) is 66.0 Å². The van der Waals surface area contributed by atoms with Crippen LogP contribution in [0.5, 0.6) is 5.75 Å². The molecule has 144 valence electrons. The number of nitrogens with zero attached hydrogens (tertiary/aromatic N) is 3. The number of carbonyl (C=O) groups is 1. The van der Waals surface area contributed by atoms with Crippen LogP contribution < -0.4 is 10.3 Å². The summed E-state index contributed by atoms with van der Waals surface area (Å²) in [5.74, 6) is 0.288. The summed E-state index contributed by atoms with van der Waals surface area (Å²) >= 11 is 12.8. The molecule has 0 N–H and O–H groups in total. The van der Waals surface area contributed by atoms with Gasteiger partial charge >= 0.3 is 5.97 Å². The summed E-state index contributed by atoms with van der Waals surface area (Å²) in [6.45, 7) is 3.19. The summed E-state index contributed by atoms with van der Waals surface area (Å²) in [4.78, 5) is 28.9. The van der Waals surface area contributed by atoms with Gasteiger partial charge in [-0.25, -0.2) is 4.98 Å². The van der Waals surface area contributed by atoms with Crippen LogP contribution in [0.15, 0.2) is 49.2 Å². The first kappa shape index (κ1) is 20.7. The summed E-state index contributed by atoms with van der Waals surface area (Å²) in [6, 6.07) is 8.51. The summed E-state index contributed by atoms with van der Waals surface area (Å²) in [5, 5.41) is 5.17. The molecule has 6 nitrogen and oxygen atoms in total. The fraction of sp³-hybridized carbons (Fsp3) is 0.158. The van der Waals surface area contributed by atoms with Crippen LogP contribution in [0.1, 0.15) is 25.2 Å². The molecule has 0 radical (unpaired) electrons. The standard InChI is InChI=1S/C19H14Br2ClN3O3/c1-3-17-24-16-5-4-12(20)7-14(16)19(27)25(17)23-9-11-6-13(22)8-15(21)18(11)28-10(2)26/h4-9H,3H2,1-2H3. The number of fused-ring (bicyclic) bond motifs is 1. The molecule has 0 aliphatic rings. The van der Waals surface area contributed by atoms with Gasteiger partial charge < -0.3 is 4.74 Å². The molecule has 28 heavy (non-hydrogen) atoms. The first-order valence-electron chi connectivity index (χ1n) is 8.23. The molecule has 1 heterocycles. The van der Waals surface area contributed by atoms with E-state index in [0.29, 0.717) is 38.2 Å². The maximum atomic E-state index is 12.9. The van der Waals surface area contributed by atoms with Crippen molar-refractivity contribution in [2.24, 2.45) is 5.10 Å². The Morgan fingerprint density at radius 1 is 1.32 bits per heavy atom. The monoisotopic (exact) mass is 525 g/mol. The van der Waals surface area contributed by atoms with Gasteiger partial charge in [0.15, 0.2) is 5.75 Å². The average molecular weight is 528 g/mol. The molecular formula is C19H14Br2ClN3O3. The van der Waals surface area contributed by atoms with Crippen molar-refractivity contribution >= 4 is 66.5 Å². The molecule has 3 rings (SSSR count). The van der Waals surface area contributed by atoms with Crippen molar-refractivity contribution in [3.8, 4) is 5.75 Å². The Morgan fingerprint density at radius 3 is 2.75 bits per heavy atom. The number of esters is 1. The molecule has 0 saturated carbocycles. The summed E-state index contributed by atoms with van der Waals surface area (Å²) in [7, 11) is 0. The molecule has 1 aromatic heterocycles. The van der Waals surface area contributed by atoms with E-state index in [0.717, 1.165) is 4.47 Å². The highest BCUT2D eigenvalue weighted by molar-refractivity contribution is 9.10. The lowest BCUT2D eigenvalue weighted by atomic mass is 10.2. The van der Waals surface area contributed by atoms with E-state index in [1.54, 1.807) is 24.3 Å². The van der Waals surface area contributed by atoms with Crippen LogP contribution in [0.25, 0.3) is 10.9 Å². The maximum absolute atomic E-state index is 12.9. The van der Waals surface area contributed by atoms with Crippen molar-refractivity contribution in [2.45, 2.75) is 20.3 Å². The van der Waals surface area contributed by atoms with Crippen LogP contribution in [-0.4, -0.2) is 21.8 Å². The van der Waals surface area contributed by atoms with Gasteiger partial charge in [0, 0.05) is 28.4 Å². The molecule has 0 saturated heterocycles. The molecular weight excluding hydrogens is 513 g/mol. The highest BCUT2D eigenvalue weighted by Crippen LogP contribution is 2.32. The highest BCUT2D eigenvalue weighted by Gasteiger charge is 2.13. The van der Waals surface area contributed by atoms with Crippen molar-refractivity contribution in [3.63, 3.8) is 0 Å². The van der Waals surface area contributed by atoms with E-state index in [1.807, 2.05) is 13.0 Å². The molecule has 0 atom stereocenters. The highest BCUT2D eigenvalue weighted by atomic mass is 79.9. The predicted molar refractivity (Wildman–Crippen MR) is 117 cm³/mol. The molecule has 0 fully saturated rings. The Morgan fingerprint density at radius 2 is 2.07 bits per heavy atom. The fourth-order valence-electron chi connectivity index (χ4n) is 2.59. The molecule has 0 aliphatic heterocycles. The lowest BCUT2D eigenvalue weighted by Gasteiger charge is -2.10. The Bertz CT molecular complexity index is 1180. The third kappa shape index (κ3) is 4.34. The Hall–Kier alpha value is -2.03. The third-order valence-corrected chi connectivity index (χ3v) is 5.09. The number of hydrogen-bond donors (Lipinski definition) is 0. The maximum Gasteiger partial charge on any atom is 0.308 e. The van der Waals surface area contributed by atoms with Gasteiger partial charge in [-0.05, 0) is 46.3 Å². The summed E-state index contributed by atoms with van der Waals surface area (Å²) in [6.07, 6.45) is 1.93. The first-order valence-corrected chi connectivity index (χ1v) is 10.2. The van der Waals surface area contributed by atoms with E-state index < -0.39 is 5.97 Å². The van der Waals surface area contributed by atoms with Gasteiger partial charge in [0.2, 0.25) is 0 Å². The number of benzene rings is 2. The van der Waals surface area contributed by atoms with Crippen molar-refractivity contribution in [2.75, 3.05) is 0 Å². The van der Waals surface area contributed by atoms with Crippen molar-refractivity contribution < 1.29 is 9.53 Å². The Labute approximate surface area is 182 Å². The number of carbonyl (C=O) groups excluding carboxylic acids is 1. The summed E-state index contributed by atoms with van der Waals surface area (Å²) < 4.78 is 7.76. The number of aryl methyl sites for hydroxylation is 1. The smallest absolute Gasteiger partial charge is 0.308 e. The quantitative estimate of drug-likeness (QED) is 0.274. The summed E-state index contributed by atoms with van der Waals surface area (Å²) in [5.41, 5.74) is 0.745. The second kappa shape index (κ2) is 8.55. The molecule has 0 amide bonds. The zero-order valence-electron chi connectivity index (χ0n) is 14.9. The largest absolute Gasteiger partial charge is 0.425 e. The van der Waals surface area contributed by atoms with Gasteiger partial charge in [0.1, 0.15) is 5.82 Å². The van der Waals surface area contributed by atoms with E-state index in [2.05, 4.69) is 41.9 Å². The topological polar surface area (TPSA) is 73.6 Å². The van der Waals surface area contributed by atoms with Crippen LogP contribution in [0.3, 0.4) is 0 Å². The van der Waals surface area contributed by atoms with Crippen molar-refractivity contribution in [1.29, 1.82) is 0 Å². The number of hydrogen-bond acceptors (Lipinski definition) is 5. The number of ether oxygens (including phenoxy) is 1. The second-order valence-electron chi connectivity index (χ2n) is 5.80. The van der Waals surface area contributed by atoms with Gasteiger partial charge in [-0.2, -0.15) is 9.78 Å². The van der Waals surface area contributed by atoms with Gasteiger partial charge in [-0.3, -0.25) is 9.59 Å². The molecule has 0 bridgehead atoms. The van der Waals surface area contributed by atoms with Crippen LogP contribution in [-0.2, 0) is 11.2 Å². The molecule has 0 unspecified atom stereocenters. The van der Waals surface area contributed by atoms with Gasteiger partial charge in [0.05, 0.1) is 21.6 Å². The minimum atomic E-state index is -0.485. The van der Waals surface area contributed by atoms with Gasteiger partial charge in [-0.15, -0.1) is 0 Å². The van der Waals surface area contributed by atoms with E-state index in [1.165, 1.54) is 17.8 Å². The van der Waals surface area contributed by atoms with Gasteiger partial charge in [-0.1, -0.05) is 34.5 Å². The third-order valence-electron chi connectivity index (χ3n) is 3.79. The van der Waals surface area contributed by atoms with Crippen LogP contribution in [0.4, 0.5) is 0 Å². The average Bonchev–Trinajstić information content (AvgIpc) is 2.63. The molecule has 0 spiro atoms. The normalized spacial score (nSPS) is 11.3. The molecule has 3 aromatic rings. The number of aromatic nitrogens is 2. The Kier molecular flexibility index (Phi) is 6.32. The van der Waals surface area contributed by atoms with E-state index in [-0.39, 0.29) is 11.3 Å². The minimum Gasteiger partial charge on any atom is -0.425 e. The lowest BCUT2D eigenvalue weighted by molar-refractivity contribution is -0.131. The molecule has 9 heteroatoms. The molecule has 0 aliphatic carbocycles. The van der Waals surface area contributed by atoms with Crippen LogP contribution >= 0.6 is 43.5 Å². The predicted octanol–water partition coefficient (Wildman–Crippen LogP) is 4.94. The SMILES string of the molecule is CCc1nc2ccc(Br)cc2c(=O)n1N=Cc1cc(Cl)cc(Br)c1OC(C)=O. The molecule has 2 aromatic carbocycles. The van der Waals surface area contributed by atoms with Crippen molar-refractivity contribution in [1.82, 2.24) is 9.66 Å². The fourth-order valence-corrected chi connectivity index (χ4v) is 3.87. The number of halogens is 3. The van der Waals surface area contributed by atoms with Crippen LogP contribution in [0.2, 0.25) is 5.02 Å².